The zero-order chi connectivity index (χ0) is 16.2. The lowest BCUT2D eigenvalue weighted by Gasteiger charge is -2.32. The topological polar surface area (TPSA) is 54.5 Å². The number of pyridine rings is 1. The Balaban J connectivity index is 1.55. The van der Waals surface area contributed by atoms with Gasteiger partial charge in [-0.05, 0) is 31.0 Å². The van der Waals surface area contributed by atoms with Gasteiger partial charge in [-0.2, -0.15) is 0 Å². The second-order valence-corrected chi connectivity index (χ2v) is 7.11. The van der Waals surface area contributed by atoms with E-state index in [2.05, 4.69) is 10.3 Å². The summed E-state index contributed by atoms with van der Waals surface area (Å²) in [6, 6.07) is 7.57. The Morgan fingerprint density at radius 1 is 1.39 bits per heavy atom. The summed E-state index contributed by atoms with van der Waals surface area (Å²) in [5.41, 5.74) is 0. The molecular formula is C16H18ClN3O2S. The Labute approximate surface area is 144 Å². The SMILES string of the molecule is COc1ccnc(NC2CCN(C(=O)c3ccc(Cl)s3)CC2)c1. The van der Waals surface area contributed by atoms with Crippen molar-refractivity contribution < 1.29 is 9.53 Å². The van der Waals surface area contributed by atoms with Crippen molar-refractivity contribution in [3.05, 3.63) is 39.7 Å². The van der Waals surface area contributed by atoms with E-state index >= 15 is 0 Å². The fourth-order valence-corrected chi connectivity index (χ4v) is 3.65. The number of rotatable bonds is 4. The molecule has 0 saturated carbocycles. The summed E-state index contributed by atoms with van der Waals surface area (Å²) in [5, 5.41) is 3.41. The third-order valence-corrected chi connectivity index (χ3v) is 5.10. The molecule has 0 bridgehead atoms. The van der Waals surface area contributed by atoms with Crippen molar-refractivity contribution in [2.24, 2.45) is 0 Å². The first-order valence-electron chi connectivity index (χ1n) is 7.47. The number of nitrogens with one attached hydrogen (secondary N) is 1. The van der Waals surface area contributed by atoms with Crippen molar-refractivity contribution in [1.82, 2.24) is 9.88 Å². The zero-order valence-corrected chi connectivity index (χ0v) is 14.4. The lowest BCUT2D eigenvalue weighted by atomic mass is 10.0. The van der Waals surface area contributed by atoms with Crippen LogP contribution in [-0.2, 0) is 0 Å². The highest BCUT2D eigenvalue weighted by Crippen LogP contribution is 2.25. The predicted octanol–water partition coefficient (Wildman–Crippen LogP) is 3.52. The Morgan fingerprint density at radius 2 is 2.17 bits per heavy atom. The molecule has 2 aromatic heterocycles. The van der Waals surface area contributed by atoms with E-state index in [1.165, 1.54) is 11.3 Å². The lowest BCUT2D eigenvalue weighted by Crippen LogP contribution is -2.42. The van der Waals surface area contributed by atoms with E-state index in [0.29, 0.717) is 15.3 Å². The molecule has 0 spiro atoms. The Hall–Kier alpha value is -1.79. The Kier molecular flexibility index (Phi) is 5.03. The molecule has 0 radical (unpaired) electrons. The van der Waals surface area contributed by atoms with E-state index in [1.54, 1.807) is 25.4 Å². The van der Waals surface area contributed by atoms with Gasteiger partial charge in [-0.25, -0.2) is 4.98 Å². The number of hydrogen-bond donors (Lipinski definition) is 1. The highest BCUT2D eigenvalue weighted by Gasteiger charge is 2.24. The normalized spacial score (nSPS) is 15.5. The molecular weight excluding hydrogens is 334 g/mol. The van der Waals surface area contributed by atoms with Crippen molar-refractivity contribution >= 4 is 34.7 Å². The van der Waals surface area contributed by atoms with Crippen molar-refractivity contribution in [3.63, 3.8) is 0 Å². The van der Waals surface area contributed by atoms with E-state index in [4.69, 9.17) is 16.3 Å². The van der Waals surface area contributed by atoms with Crippen LogP contribution in [0.1, 0.15) is 22.5 Å². The van der Waals surface area contributed by atoms with Crippen molar-refractivity contribution in [3.8, 4) is 5.75 Å². The van der Waals surface area contributed by atoms with Crippen molar-refractivity contribution in [2.45, 2.75) is 18.9 Å². The summed E-state index contributed by atoms with van der Waals surface area (Å²) in [6.07, 6.45) is 3.51. The van der Waals surface area contributed by atoms with Crippen LogP contribution in [0.3, 0.4) is 0 Å². The van der Waals surface area contributed by atoms with Crippen LogP contribution in [0.2, 0.25) is 4.34 Å². The number of methoxy groups -OCH3 is 1. The van der Waals surface area contributed by atoms with Gasteiger partial charge >= 0.3 is 0 Å². The molecule has 3 rings (SSSR count). The van der Waals surface area contributed by atoms with E-state index in [1.807, 2.05) is 17.0 Å². The van der Waals surface area contributed by atoms with E-state index in [-0.39, 0.29) is 5.91 Å². The number of halogens is 1. The second-order valence-electron chi connectivity index (χ2n) is 5.40. The Bertz CT molecular complexity index is 683. The smallest absolute Gasteiger partial charge is 0.263 e. The van der Waals surface area contributed by atoms with Crippen LogP contribution in [0.5, 0.6) is 5.75 Å². The molecule has 0 unspecified atom stereocenters. The molecule has 1 N–H and O–H groups in total. The number of ether oxygens (including phenoxy) is 1. The molecule has 1 saturated heterocycles. The minimum Gasteiger partial charge on any atom is -0.497 e. The summed E-state index contributed by atoms with van der Waals surface area (Å²) in [7, 11) is 1.64. The van der Waals surface area contributed by atoms with Gasteiger partial charge in [0.05, 0.1) is 16.3 Å². The van der Waals surface area contributed by atoms with E-state index in [9.17, 15) is 4.79 Å². The number of aromatic nitrogens is 1. The maximum atomic E-state index is 12.4. The maximum absolute atomic E-state index is 12.4. The molecule has 0 atom stereocenters. The summed E-state index contributed by atoms with van der Waals surface area (Å²) < 4.78 is 5.85. The summed E-state index contributed by atoms with van der Waals surface area (Å²) in [6.45, 7) is 1.46. The van der Waals surface area contributed by atoms with Crippen molar-refractivity contribution in [2.75, 3.05) is 25.5 Å². The lowest BCUT2D eigenvalue weighted by molar-refractivity contribution is 0.0723. The first-order chi connectivity index (χ1) is 11.2. The second kappa shape index (κ2) is 7.19. The third kappa shape index (κ3) is 3.95. The van der Waals surface area contributed by atoms with Crippen molar-refractivity contribution in [1.29, 1.82) is 0 Å². The average molecular weight is 352 g/mol. The van der Waals surface area contributed by atoms with Gasteiger partial charge in [0.1, 0.15) is 11.6 Å². The first kappa shape index (κ1) is 16.1. The summed E-state index contributed by atoms with van der Waals surface area (Å²) in [4.78, 5) is 19.3. The van der Waals surface area contributed by atoms with Gasteiger partial charge in [0.25, 0.3) is 5.91 Å². The number of piperidine rings is 1. The van der Waals surface area contributed by atoms with Gasteiger partial charge in [-0.3, -0.25) is 4.79 Å². The molecule has 0 aliphatic carbocycles. The minimum absolute atomic E-state index is 0.0693. The number of nitrogens with zero attached hydrogens (tertiary/aromatic N) is 2. The van der Waals surface area contributed by atoms with Gasteiger partial charge in [-0.15, -0.1) is 11.3 Å². The fourth-order valence-electron chi connectivity index (χ4n) is 2.64. The highest BCUT2D eigenvalue weighted by molar-refractivity contribution is 7.17. The molecule has 23 heavy (non-hydrogen) atoms. The molecule has 2 aromatic rings. The molecule has 122 valence electrons. The number of carbonyl (C=O) groups excluding carboxylic acids is 1. The molecule has 0 aromatic carbocycles. The third-order valence-electron chi connectivity index (χ3n) is 3.89. The predicted molar refractivity (Wildman–Crippen MR) is 92.7 cm³/mol. The number of hydrogen-bond acceptors (Lipinski definition) is 5. The number of anilines is 1. The van der Waals surface area contributed by atoms with Crippen LogP contribution < -0.4 is 10.1 Å². The molecule has 7 heteroatoms. The van der Waals surface area contributed by atoms with E-state index < -0.39 is 0 Å². The van der Waals surface area contributed by atoms with E-state index in [0.717, 1.165) is 37.5 Å². The largest absolute Gasteiger partial charge is 0.497 e. The van der Waals surface area contributed by atoms with Gasteiger partial charge in [0, 0.05) is 31.4 Å². The van der Waals surface area contributed by atoms with Crippen LogP contribution in [0, 0.1) is 0 Å². The molecule has 1 amide bonds. The van der Waals surface area contributed by atoms with Crippen LogP contribution in [-0.4, -0.2) is 42.0 Å². The summed E-state index contributed by atoms with van der Waals surface area (Å²) in [5.74, 6) is 1.66. The van der Waals surface area contributed by atoms with Crippen LogP contribution in [0.4, 0.5) is 5.82 Å². The van der Waals surface area contributed by atoms with Gasteiger partial charge in [0.2, 0.25) is 0 Å². The number of amides is 1. The molecule has 1 fully saturated rings. The molecule has 1 aliphatic rings. The van der Waals surface area contributed by atoms with Crippen LogP contribution in [0.25, 0.3) is 0 Å². The fraction of sp³-hybridized carbons (Fsp3) is 0.375. The number of carbonyl (C=O) groups is 1. The Morgan fingerprint density at radius 3 is 2.83 bits per heavy atom. The first-order valence-corrected chi connectivity index (χ1v) is 8.66. The summed E-state index contributed by atoms with van der Waals surface area (Å²) >= 11 is 7.23. The maximum Gasteiger partial charge on any atom is 0.263 e. The van der Waals surface area contributed by atoms with Gasteiger partial charge in [0.15, 0.2) is 0 Å². The zero-order valence-electron chi connectivity index (χ0n) is 12.8. The molecule has 3 heterocycles. The molecule has 1 aliphatic heterocycles. The number of thiophene rings is 1. The quantitative estimate of drug-likeness (QED) is 0.915. The van der Waals surface area contributed by atoms with Gasteiger partial charge < -0.3 is 15.0 Å². The van der Waals surface area contributed by atoms with Crippen LogP contribution >= 0.6 is 22.9 Å². The van der Waals surface area contributed by atoms with Gasteiger partial charge in [-0.1, -0.05) is 11.6 Å². The monoisotopic (exact) mass is 351 g/mol. The minimum atomic E-state index is 0.0693. The number of likely N-dealkylation sites (tertiary alicyclic amines) is 1. The standard InChI is InChI=1S/C16H18ClN3O2S/c1-22-12-4-7-18-15(10-12)19-11-5-8-20(9-6-11)16(21)13-2-3-14(17)23-13/h2-4,7,10-11H,5-6,8-9H2,1H3,(H,18,19). The average Bonchev–Trinajstić information content (AvgIpc) is 3.01. The van der Waals surface area contributed by atoms with Crippen LogP contribution in [0.15, 0.2) is 30.5 Å². The molecule has 5 nitrogen and oxygen atoms in total. The highest BCUT2D eigenvalue weighted by atomic mass is 35.5.